The van der Waals surface area contributed by atoms with Crippen molar-refractivity contribution in [2.24, 2.45) is 0 Å². The molecule has 10 heteroatoms. The number of ether oxygens (including phenoxy) is 2. The third kappa shape index (κ3) is 3.99. The van der Waals surface area contributed by atoms with E-state index in [2.05, 4.69) is 4.98 Å². The number of imidazole rings is 1. The Bertz CT molecular complexity index is 1850. The second kappa shape index (κ2) is 9.80. The number of benzene rings is 2. The van der Waals surface area contributed by atoms with Crippen LogP contribution >= 0.6 is 11.3 Å². The molecule has 202 valence electrons. The number of aryl methyl sites for hydroxylation is 2. The van der Waals surface area contributed by atoms with Crippen molar-refractivity contribution in [2.45, 2.75) is 26.8 Å². The number of ketones is 1. The highest BCUT2D eigenvalue weighted by molar-refractivity contribution is 7.22. The highest BCUT2D eigenvalue weighted by atomic mass is 32.1. The molecule has 4 heterocycles. The van der Waals surface area contributed by atoms with Crippen LogP contribution in [0.1, 0.15) is 35.5 Å². The minimum atomic E-state index is -0.972. The van der Waals surface area contributed by atoms with E-state index in [9.17, 15) is 14.7 Å². The van der Waals surface area contributed by atoms with Gasteiger partial charge in [0.1, 0.15) is 11.3 Å². The minimum Gasteiger partial charge on any atom is -0.505 e. The summed E-state index contributed by atoms with van der Waals surface area (Å²) < 4.78 is 13.9. The van der Waals surface area contributed by atoms with Gasteiger partial charge in [0, 0.05) is 6.20 Å². The molecule has 1 fully saturated rings. The van der Waals surface area contributed by atoms with Crippen molar-refractivity contribution in [2.75, 3.05) is 18.6 Å². The van der Waals surface area contributed by atoms with Gasteiger partial charge in [0.2, 0.25) is 0 Å². The van der Waals surface area contributed by atoms with Gasteiger partial charge < -0.3 is 14.6 Å². The third-order valence-electron chi connectivity index (χ3n) is 6.91. The summed E-state index contributed by atoms with van der Waals surface area (Å²) in [6.07, 6.45) is 1.76. The van der Waals surface area contributed by atoms with Crippen LogP contribution in [0.4, 0.5) is 5.13 Å². The Labute approximate surface area is 233 Å². The van der Waals surface area contributed by atoms with Crippen LogP contribution in [-0.2, 0) is 9.59 Å². The Hall–Kier alpha value is -4.70. The zero-order chi connectivity index (χ0) is 28.1. The number of thiazole rings is 1. The van der Waals surface area contributed by atoms with Gasteiger partial charge in [0.05, 0.1) is 41.2 Å². The van der Waals surface area contributed by atoms with Gasteiger partial charge >= 0.3 is 5.91 Å². The molecular formula is C30H26N4O5S. The summed E-state index contributed by atoms with van der Waals surface area (Å²) in [5.74, 6) is -0.931. The molecule has 9 nitrogen and oxygen atoms in total. The molecule has 40 heavy (non-hydrogen) atoms. The summed E-state index contributed by atoms with van der Waals surface area (Å²) in [6, 6.07) is 15.5. The van der Waals surface area contributed by atoms with Crippen LogP contribution in [0.25, 0.3) is 21.6 Å². The molecule has 1 amide bonds. The zero-order valence-electron chi connectivity index (χ0n) is 22.3. The summed E-state index contributed by atoms with van der Waals surface area (Å²) in [5.41, 5.74) is 3.75. The van der Waals surface area contributed by atoms with Gasteiger partial charge in [-0.25, -0.2) is 9.97 Å². The summed E-state index contributed by atoms with van der Waals surface area (Å²) >= 11 is 1.32. The van der Waals surface area contributed by atoms with Crippen LogP contribution in [0.5, 0.6) is 11.5 Å². The molecule has 1 unspecified atom stereocenters. The first-order valence-corrected chi connectivity index (χ1v) is 13.6. The largest absolute Gasteiger partial charge is 0.505 e. The highest BCUT2D eigenvalue weighted by Gasteiger charge is 2.49. The first-order valence-electron chi connectivity index (χ1n) is 12.7. The number of carbonyl (C=O) groups excluding carboxylic acids is 2. The Morgan fingerprint density at radius 1 is 1.05 bits per heavy atom. The molecule has 3 aromatic heterocycles. The van der Waals surface area contributed by atoms with E-state index in [1.54, 1.807) is 47.9 Å². The van der Waals surface area contributed by atoms with Gasteiger partial charge in [-0.1, -0.05) is 29.5 Å². The lowest BCUT2D eigenvalue weighted by Gasteiger charge is -2.24. The molecule has 1 saturated heterocycles. The van der Waals surface area contributed by atoms with Crippen LogP contribution < -0.4 is 14.4 Å². The van der Waals surface area contributed by atoms with Gasteiger partial charge in [-0.05, 0) is 68.3 Å². The first kappa shape index (κ1) is 25.6. The van der Waals surface area contributed by atoms with Crippen molar-refractivity contribution in [1.82, 2.24) is 14.4 Å². The van der Waals surface area contributed by atoms with Crippen LogP contribution in [0.15, 0.2) is 66.4 Å². The number of aliphatic hydroxyl groups is 1. The smallest absolute Gasteiger partial charge is 0.301 e. The monoisotopic (exact) mass is 554 g/mol. The van der Waals surface area contributed by atoms with Crippen LogP contribution in [-0.4, -0.2) is 44.9 Å². The maximum absolute atomic E-state index is 13.7. The number of carbonyl (C=O) groups is 2. The number of Topliss-reactive ketones (excluding diaryl/α,β-unsaturated/α-hetero) is 1. The molecule has 1 aliphatic rings. The molecule has 0 saturated carbocycles. The molecule has 6 rings (SSSR count). The maximum Gasteiger partial charge on any atom is 0.301 e. The van der Waals surface area contributed by atoms with Crippen molar-refractivity contribution < 1.29 is 24.2 Å². The summed E-state index contributed by atoms with van der Waals surface area (Å²) in [4.78, 5) is 38.0. The molecule has 1 aliphatic heterocycles. The SMILES string of the molecule is CCOc1ccc(C2C(=C(O)c3c(C)nc4ccccn34)C(=O)C(=O)N2c2nc3ccc(C)cc3s2)cc1OC. The molecule has 0 bridgehead atoms. The standard InChI is InChI=1S/C30H26N4O5S/c1-5-39-20-12-10-18(15-21(20)38-4)26-24(27(35)25-17(3)31-23-8-6-7-13-33(23)25)28(36)29(37)34(26)30-32-19-11-9-16(2)14-22(19)40-30/h6-15,26,35H,5H2,1-4H3. The lowest BCUT2D eigenvalue weighted by atomic mass is 9.96. The van der Waals surface area contributed by atoms with E-state index in [1.807, 2.05) is 38.1 Å². The van der Waals surface area contributed by atoms with Crippen LogP contribution in [0.3, 0.4) is 0 Å². The van der Waals surface area contributed by atoms with E-state index in [0.717, 1.165) is 10.3 Å². The number of aliphatic hydroxyl groups excluding tert-OH is 1. The fraction of sp³-hybridized carbons (Fsp3) is 0.200. The number of anilines is 1. The number of aromatic nitrogens is 3. The first-order chi connectivity index (χ1) is 19.3. The van der Waals surface area contributed by atoms with Crippen LogP contribution in [0, 0.1) is 13.8 Å². The van der Waals surface area contributed by atoms with Crippen molar-refractivity contribution >= 4 is 49.8 Å². The van der Waals surface area contributed by atoms with Crippen molar-refractivity contribution in [1.29, 1.82) is 0 Å². The molecule has 0 aliphatic carbocycles. The van der Waals surface area contributed by atoms with E-state index in [1.165, 1.54) is 23.3 Å². The molecule has 1 N–H and O–H groups in total. The second-order valence-corrected chi connectivity index (χ2v) is 10.5. The fourth-order valence-electron chi connectivity index (χ4n) is 5.12. The highest BCUT2D eigenvalue weighted by Crippen LogP contribution is 2.46. The second-order valence-electron chi connectivity index (χ2n) is 9.45. The minimum absolute atomic E-state index is 0.0552. The number of pyridine rings is 1. The molecule has 0 spiro atoms. The van der Waals surface area contributed by atoms with E-state index >= 15 is 0 Å². The maximum atomic E-state index is 13.7. The summed E-state index contributed by atoms with van der Waals surface area (Å²) in [7, 11) is 1.52. The van der Waals surface area contributed by atoms with Crippen molar-refractivity contribution in [3.8, 4) is 11.5 Å². The van der Waals surface area contributed by atoms with Gasteiger partial charge in [-0.15, -0.1) is 0 Å². The molecule has 1 atom stereocenters. The molecule has 5 aromatic rings. The topological polar surface area (TPSA) is 106 Å². The van der Waals surface area contributed by atoms with E-state index < -0.39 is 17.7 Å². The summed E-state index contributed by atoms with van der Waals surface area (Å²) in [6.45, 7) is 6.04. The van der Waals surface area contributed by atoms with Crippen molar-refractivity contribution in [3.05, 3.63) is 88.9 Å². The predicted molar refractivity (Wildman–Crippen MR) is 153 cm³/mol. The summed E-state index contributed by atoms with van der Waals surface area (Å²) in [5, 5.41) is 12.1. The number of fused-ring (bicyclic) bond motifs is 2. The molecular weight excluding hydrogens is 528 g/mol. The number of hydrogen-bond donors (Lipinski definition) is 1. The van der Waals surface area contributed by atoms with E-state index in [-0.39, 0.29) is 11.3 Å². The fourth-order valence-corrected chi connectivity index (χ4v) is 6.21. The Balaban J connectivity index is 1.61. The predicted octanol–water partition coefficient (Wildman–Crippen LogP) is 5.59. The average Bonchev–Trinajstić information content (AvgIpc) is 3.59. The van der Waals surface area contributed by atoms with Crippen LogP contribution in [0.2, 0.25) is 0 Å². The number of methoxy groups -OCH3 is 1. The molecule has 0 radical (unpaired) electrons. The normalized spacial score (nSPS) is 16.8. The number of nitrogens with zero attached hydrogens (tertiary/aromatic N) is 4. The number of rotatable bonds is 6. The van der Waals surface area contributed by atoms with Gasteiger partial charge in [0.25, 0.3) is 5.78 Å². The third-order valence-corrected chi connectivity index (χ3v) is 7.93. The Morgan fingerprint density at radius 3 is 2.65 bits per heavy atom. The van der Waals surface area contributed by atoms with E-state index in [4.69, 9.17) is 14.5 Å². The van der Waals surface area contributed by atoms with Crippen molar-refractivity contribution in [3.63, 3.8) is 0 Å². The van der Waals surface area contributed by atoms with Gasteiger partial charge in [0.15, 0.2) is 22.4 Å². The lowest BCUT2D eigenvalue weighted by Crippen LogP contribution is -2.29. The van der Waals surface area contributed by atoms with Gasteiger partial charge in [-0.2, -0.15) is 0 Å². The number of amides is 1. The zero-order valence-corrected chi connectivity index (χ0v) is 23.2. The average molecular weight is 555 g/mol. The Morgan fingerprint density at radius 2 is 1.88 bits per heavy atom. The lowest BCUT2D eigenvalue weighted by molar-refractivity contribution is -0.132. The quantitative estimate of drug-likeness (QED) is 0.166. The van der Waals surface area contributed by atoms with Gasteiger partial charge in [-0.3, -0.25) is 18.9 Å². The Kier molecular flexibility index (Phi) is 6.26. The van der Waals surface area contributed by atoms with E-state index in [0.29, 0.717) is 51.4 Å². The molecule has 2 aromatic carbocycles. The number of hydrogen-bond acceptors (Lipinski definition) is 8.